The molecule has 1 unspecified atom stereocenters. The Balaban J connectivity index is 1.96. The van der Waals surface area contributed by atoms with Gasteiger partial charge in [-0.25, -0.2) is 0 Å². The van der Waals surface area contributed by atoms with Gasteiger partial charge in [-0.2, -0.15) is 5.10 Å². The minimum absolute atomic E-state index is 0.117. The molecule has 20 heavy (non-hydrogen) atoms. The maximum absolute atomic E-state index is 4.65. The number of hydrogen-bond donors (Lipinski definition) is 1. The van der Waals surface area contributed by atoms with Crippen molar-refractivity contribution in [2.24, 2.45) is 13.0 Å². The van der Waals surface area contributed by atoms with Crippen molar-refractivity contribution in [2.45, 2.75) is 77.8 Å². The quantitative estimate of drug-likeness (QED) is 0.907. The molecule has 0 aromatic carbocycles. The molecule has 1 aliphatic rings. The van der Waals surface area contributed by atoms with Gasteiger partial charge < -0.3 is 5.32 Å². The van der Waals surface area contributed by atoms with Gasteiger partial charge in [0, 0.05) is 36.8 Å². The van der Waals surface area contributed by atoms with E-state index in [2.05, 4.69) is 44.3 Å². The molecule has 0 bridgehead atoms. The summed E-state index contributed by atoms with van der Waals surface area (Å²) in [5, 5.41) is 8.39. The monoisotopic (exact) mass is 277 g/mol. The minimum atomic E-state index is 0.117. The number of aryl methyl sites for hydroxylation is 1. The van der Waals surface area contributed by atoms with E-state index < -0.39 is 0 Å². The number of hydrogen-bond acceptors (Lipinski definition) is 2. The molecule has 2 rings (SSSR count). The second kappa shape index (κ2) is 6.30. The summed E-state index contributed by atoms with van der Waals surface area (Å²) in [6, 6.07) is 0.614. The van der Waals surface area contributed by atoms with Gasteiger partial charge in [0.1, 0.15) is 0 Å². The van der Waals surface area contributed by atoms with E-state index in [1.54, 1.807) is 0 Å². The Morgan fingerprint density at radius 1 is 1.30 bits per heavy atom. The number of nitrogens with one attached hydrogen (secondary N) is 1. The van der Waals surface area contributed by atoms with Gasteiger partial charge in [-0.05, 0) is 25.7 Å². The molecular formula is C17H31N3. The second-order valence-corrected chi connectivity index (χ2v) is 7.49. The molecule has 0 aliphatic heterocycles. The van der Waals surface area contributed by atoms with E-state index in [1.807, 2.05) is 11.7 Å². The van der Waals surface area contributed by atoms with E-state index in [-0.39, 0.29) is 5.41 Å². The highest BCUT2D eigenvalue weighted by Crippen LogP contribution is 2.27. The normalized spacial score (nSPS) is 19.2. The van der Waals surface area contributed by atoms with Crippen LogP contribution in [0.4, 0.5) is 0 Å². The molecule has 1 aromatic rings. The second-order valence-electron chi connectivity index (χ2n) is 7.49. The lowest BCUT2D eigenvalue weighted by molar-refractivity contribution is 0.280. The van der Waals surface area contributed by atoms with Crippen LogP contribution in [-0.2, 0) is 19.0 Å². The Labute approximate surface area is 124 Å². The molecule has 1 heterocycles. The number of aromatic nitrogens is 2. The van der Waals surface area contributed by atoms with E-state index in [0.717, 1.165) is 12.5 Å². The molecule has 1 aliphatic carbocycles. The van der Waals surface area contributed by atoms with Crippen molar-refractivity contribution in [3.63, 3.8) is 0 Å². The van der Waals surface area contributed by atoms with Crippen molar-refractivity contribution in [3.05, 3.63) is 17.5 Å². The third kappa shape index (κ3) is 3.85. The van der Waals surface area contributed by atoms with E-state index in [1.165, 1.54) is 43.4 Å². The van der Waals surface area contributed by atoms with E-state index in [4.69, 9.17) is 0 Å². The first-order chi connectivity index (χ1) is 9.38. The average Bonchev–Trinajstić information content (AvgIpc) is 2.78. The smallest absolute Gasteiger partial charge is 0.0722 e. The number of nitrogens with zero attached hydrogens (tertiary/aromatic N) is 2. The van der Waals surface area contributed by atoms with Crippen LogP contribution < -0.4 is 5.32 Å². The topological polar surface area (TPSA) is 29.9 Å². The molecule has 1 fully saturated rings. The Kier molecular flexibility index (Phi) is 4.90. The van der Waals surface area contributed by atoms with Crippen LogP contribution in [0.1, 0.15) is 71.1 Å². The molecule has 3 nitrogen and oxygen atoms in total. The summed E-state index contributed by atoms with van der Waals surface area (Å²) in [6.45, 7) is 10.0. The zero-order valence-corrected chi connectivity index (χ0v) is 13.9. The van der Waals surface area contributed by atoms with Gasteiger partial charge in [-0.15, -0.1) is 0 Å². The molecule has 0 radical (unpaired) electrons. The van der Waals surface area contributed by atoms with Gasteiger partial charge in [-0.1, -0.05) is 40.0 Å². The molecule has 3 heteroatoms. The van der Waals surface area contributed by atoms with Crippen LogP contribution in [0.5, 0.6) is 0 Å². The summed E-state index contributed by atoms with van der Waals surface area (Å²) in [6.07, 6.45) is 9.22. The van der Waals surface area contributed by atoms with E-state index in [0.29, 0.717) is 6.04 Å². The first-order valence-electron chi connectivity index (χ1n) is 8.14. The largest absolute Gasteiger partial charge is 0.310 e. The Bertz CT molecular complexity index is 422. The summed E-state index contributed by atoms with van der Waals surface area (Å²) in [7, 11) is 2.02. The molecule has 114 valence electrons. The summed E-state index contributed by atoms with van der Waals surface area (Å²) < 4.78 is 1.95. The van der Waals surface area contributed by atoms with Gasteiger partial charge in [0.05, 0.1) is 5.69 Å². The van der Waals surface area contributed by atoms with Gasteiger partial charge in [-0.3, -0.25) is 4.68 Å². The highest BCUT2D eigenvalue weighted by atomic mass is 15.3. The first-order valence-corrected chi connectivity index (χ1v) is 8.14. The van der Waals surface area contributed by atoms with Crippen molar-refractivity contribution >= 4 is 0 Å². The van der Waals surface area contributed by atoms with E-state index in [9.17, 15) is 0 Å². The molecule has 1 N–H and O–H groups in total. The summed E-state index contributed by atoms with van der Waals surface area (Å²) in [5.41, 5.74) is 2.69. The molecular weight excluding hydrogens is 246 g/mol. The predicted octanol–water partition coefficient (Wildman–Crippen LogP) is 3.78. The fourth-order valence-electron chi connectivity index (χ4n) is 3.37. The van der Waals surface area contributed by atoms with Crippen molar-refractivity contribution in [3.8, 4) is 0 Å². The van der Waals surface area contributed by atoms with Crippen LogP contribution in [0.25, 0.3) is 0 Å². The van der Waals surface area contributed by atoms with Crippen molar-refractivity contribution < 1.29 is 0 Å². The van der Waals surface area contributed by atoms with Gasteiger partial charge >= 0.3 is 0 Å². The maximum Gasteiger partial charge on any atom is 0.0722 e. The lowest BCUT2D eigenvalue weighted by atomic mass is 9.84. The highest BCUT2D eigenvalue weighted by molar-refractivity contribution is 5.23. The molecule has 1 saturated carbocycles. The molecule has 0 saturated heterocycles. The molecule has 1 atom stereocenters. The minimum Gasteiger partial charge on any atom is -0.310 e. The predicted molar refractivity (Wildman–Crippen MR) is 84.8 cm³/mol. The zero-order valence-electron chi connectivity index (χ0n) is 13.9. The standard InChI is InChI=1S/C17H31N3/c1-13(14-9-7-6-8-10-14)18-11-15-12-20(5)19-16(15)17(2,3)4/h12-14,18H,6-11H2,1-5H3. The van der Waals surface area contributed by atoms with Gasteiger partial charge in [0.25, 0.3) is 0 Å². The highest BCUT2D eigenvalue weighted by Gasteiger charge is 2.23. The lowest BCUT2D eigenvalue weighted by Crippen LogP contribution is -2.34. The van der Waals surface area contributed by atoms with Crippen LogP contribution >= 0.6 is 0 Å². The zero-order chi connectivity index (χ0) is 14.8. The van der Waals surface area contributed by atoms with Crippen LogP contribution in [-0.4, -0.2) is 15.8 Å². The van der Waals surface area contributed by atoms with Crippen molar-refractivity contribution in [2.75, 3.05) is 0 Å². The van der Waals surface area contributed by atoms with E-state index >= 15 is 0 Å². The van der Waals surface area contributed by atoms with Crippen LogP contribution in [0, 0.1) is 5.92 Å². The lowest BCUT2D eigenvalue weighted by Gasteiger charge is -2.28. The fraction of sp³-hybridized carbons (Fsp3) is 0.824. The molecule has 0 amide bonds. The first kappa shape index (κ1) is 15.6. The average molecular weight is 277 g/mol. The summed E-state index contributed by atoms with van der Waals surface area (Å²) in [4.78, 5) is 0. The van der Waals surface area contributed by atoms with Gasteiger partial charge in [0.15, 0.2) is 0 Å². The third-order valence-electron chi connectivity index (χ3n) is 4.59. The SMILES string of the molecule is CC(NCc1cn(C)nc1C(C)(C)C)C1CCCCC1. The summed E-state index contributed by atoms with van der Waals surface area (Å²) in [5.74, 6) is 0.860. The Morgan fingerprint density at radius 3 is 2.55 bits per heavy atom. The Morgan fingerprint density at radius 2 is 1.95 bits per heavy atom. The maximum atomic E-state index is 4.65. The third-order valence-corrected chi connectivity index (χ3v) is 4.59. The van der Waals surface area contributed by atoms with Crippen molar-refractivity contribution in [1.82, 2.24) is 15.1 Å². The van der Waals surface area contributed by atoms with Crippen LogP contribution in [0.2, 0.25) is 0 Å². The molecule has 1 aromatic heterocycles. The van der Waals surface area contributed by atoms with Crippen molar-refractivity contribution in [1.29, 1.82) is 0 Å². The van der Waals surface area contributed by atoms with Crippen LogP contribution in [0.15, 0.2) is 6.20 Å². The molecule has 0 spiro atoms. The van der Waals surface area contributed by atoms with Crippen LogP contribution in [0.3, 0.4) is 0 Å². The Hall–Kier alpha value is -0.830. The number of rotatable bonds is 4. The summed E-state index contributed by atoms with van der Waals surface area (Å²) >= 11 is 0. The van der Waals surface area contributed by atoms with Gasteiger partial charge in [0.2, 0.25) is 0 Å². The fourth-order valence-corrected chi connectivity index (χ4v) is 3.37.